The second kappa shape index (κ2) is 5.37. The van der Waals surface area contributed by atoms with E-state index in [-0.39, 0.29) is 11.1 Å². The summed E-state index contributed by atoms with van der Waals surface area (Å²) in [6.45, 7) is 2.58. The van der Waals surface area contributed by atoms with Crippen LogP contribution in [0.1, 0.15) is 17.4 Å². The van der Waals surface area contributed by atoms with Gasteiger partial charge in [0.1, 0.15) is 10.8 Å². The lowest BCUT2D eigenvalue weighted by atomic mass is 10.4. The lowest BCUT2D eigenvalue weighted by molar-refractivity contribution is 0.101. The van der Waals surface area contributed by atoms with E-state index in [1.807, 2.05) is 6.92 Å². The Labute approximate surface area is 114 Å². The molecule has 0 spiro atoms. The molecule has 7 heteroatoms. The molecule has 0 atom stereocenters. The van der Waals surface area contributed by atoms with Gasteiger partial charge in [-0.2, -0.15) is 0 Å². The summed E-state index contributed by atoms with van der Waals surface area (Å²) in [5, 5.41) is 3.41. The number of amides is 1. The van der Waals surface area contributed by atoms with Gasteiger partial charge in [-0.1, -0.05) is 23.2 Å². The van der Waals surface area contributed by atoms with Gasteiger partial charge >= 0.3 is 0 Å². The highest BCUT2D eigenvalue weighted by Gasteiger charge is 2.13. The van der Waals surface area contributed by atoms with E-state index in [1.54, 1.807) is 16.8 Å². The number of halogens is 2. The molecule has 0 aliphatic rings. The van der Waals surface area contributed by atoms with E-state index in [1.165, 1.54) is 12.4 Å². The van der Waals surface area contributed by atoms with Crippen LogP contribution in [-0.4, -0.2) is 20.4 Å². The quantitative estimate of drug-likeness (QED) is 0.943. The van der Waals surface area contributed by atoms with Crippen LogP contribution in [0.5, 0.6) is 0 Å². The van der Waals surface area contributed by atoms with Crippen molar-refractivity contribution in [3.63, 3.8) is 0 Å². The number of aromatic nitrogens is 3. The summed E-state index contributed by atoms with van der Waals surface area (Å²) in [6.07, 6.45) is 4.45. The zero-order valence-electron chi connectivity index (χ0n) is 9.52. The van der Waals surface area contributed by atoms with Crippen LogP contribution >= 0.6 is 23.2 Å². The third kappa shape index (κ3) is 2.80. The van der Waals surface area contributed by atoms with E-state index in [4.69, 9.17) is 23.2 Å². The summed E-state index contributed by atoms with van der Waals surface area (Å²) >= 11 is 11.5. The summed E-state index contributed by atoms with van der Waals surface area (Å²) < 4.78 is 1.75. The van der Waals surface area contributed by atoms with Crippen molar-refractivity contribution in [1.29, 1.82) is 0 Å². The molecule has 0 saturated carbocycles. The van der Waals surface area contributed by atoms with Gasteiger partial charge in [-0.15, -0.1) is 0 Å². The third-order valence-corrected chi connectivity index (χ3v) is 2.70. The van der Waals surface area contributed by atoms with Crippen LogP contribution in [0.4, 0.5) is 5.82 Å². The number of carbonyl (C=O) groups excluding carboxylic acids is 1. The predicted octanol–water partition coefficient (Wildman–Crippen LogP) is 2.86. The van der Waals surface area contributed by atoms with Gasteiger partial charge in [-0.3, -0.25) is 4.79 Å². The minimum absolute atomic E-state index is 0.271. The van der Waals surface area contributed by atoms with E-state index in [2.05, 4.69) is 15.3 Å². The minimum atomic E-state index is -0.291. The molecule has 0 aromatic carbocycles. The summed E-state index contributed by atoms with van der Waals surface area (Å²) in [6, 6.07) is 1.60. The number of hydrogen-bond acceptors (Lipinski definition) is 3. The number of carbonyl (C=O) groups is 1. The van der Waals surface area contributed by atoms with Crippen molar-refractivity contribution in [1.82, 2.24) is 14.5 Å². The fourth-order valence-electron chi connectivity index (χ4n) is 1.48. The molecule has 0 bridgehead atoms. The van der Waals surface area contributed by atoms with Crippen molar-refractivity contribution in [2.75, 3.05) is 5.32 Å². The van der Waals surface area contributed by atoms with Crippen molar-refractivity contribution in [3.8, 4) is 0 Å². The Morgan fingerprint density at radius 1 is 1.39 bits per heavy atom. The largest absolute Gasteiger partial charge is 0.342 e. The molecule has 0 saturated heterocycles. The molecular formula is C11H10Cl2N4O. The SMILES string of the molecule is CCn1cc(Cl)cc1C(=O)Nc1cnc(Cl)cn1. The smallest absolute Gasteiger partial charge is 0.273 e. The standard InChI is InChI=1S/C11H10Cl2N4O/c1-2-17-6-7(12)3-8(17)11(18)16-10-5-14-9(13)4-15-10/h3-6H,2H2,1H3,(H,15,16,18). The molecule has 1 amide bonds. The molecule has 0 aliphatic carbocycles. The second-order valence-corrected chi connectivity index (χ2v) is 4.33. The molecule has 5 nitrogen and oxygen atoms in total. The lowest BCUT2D eigenvalue weighted by Gasteiger charge is -2.06. The number of nitrogens with zero attached hydrogens (tertiary/aromatic N) is 3. The molecule has 1 N–H and O–H groups in total. The molecule has 2 heterocycles. The highest BCUT2D eigenvalue weighted by atomic mass is 35.5. The van der Waals surface area contributed by atoms with Crippen LogP contribution in [0.3, 0.4) is 0 Å². The van der Waals surface area contributed by atoms with Gasteiger partial charge in [-0.05, 0) is 13.0 Å². The van der Waals surface area contributed by atoms with Crippen LogP contribution in [-0.2, 0) is 6.54 Å². The molecule has 2 aromatic rings. The highest BCUT2D eigenvalue weighted by molar-refractivity contribution is 6.31. The van der Waals surface area contributed by atoms with Crippen molar-refractivity contribution in [2.45, 2.75) is 13.5 Å². The second-order valence-electron chi connectivity index (χ2n) is 3.51. The van der Waals surface area contributed by atoms with Crippen LogP contribution < -0.4 is 5.32 Å². The maximum atomic E-state index is 12.0. The van der Waals surface area contributed by atoms with Gasteiger partial charge in [-0.25, -0.2) is 9.97 Å². The summed E-state index contributed by atoms with van der Waals surface area (Å²) in [7, 11) is 0. The zero-order chi connectivity index (χ0) is 13.1. The Bertz CT molecular complexity index is 565. The molecule has 2 rings (SSSR count). The molecule has 0 radical (unpaired) electrons. The van der Waals surface area contributed by atoms with Crippen LogP contribution in [0.25, 0.3) is 0 Å². The number of rotatable bonds is 3. The third-order valence-electron chi connectivity index (χ3n) is 2.30. The monoisotopic (exact) mass is 284 g/mol. The van der Waals surface area contributed by atoms with E-state index >= 15 is 0 Å². The average Bonchev–Trinajstić information content (AvgIpc) is 2.73. The van der Waals surface area contributed by atoms with Crippen LogP contribution in [0.2, 0.25) is 10.2 Å². The normalized spacial score (nSPS) is 10.4. The molecule has 18 heavy (non-hydrogen) atoms. The Hall–Kier alpha value is -1.59. The van der Waals surface area contributed by atoms with Gasteiger partial charge in [0.05, 0.1) is 17.4 Å². The van der Waals surface area contributed by atoms with Crippen molar-refractivity contribution >= 4 is 34.9 Å². The van der Waals surface area contributed by atoms with E-state index in [0.717, 1.165) is 0 Å². The molecule has 0 aliphatic heterocycles. The first-order valence-electron chi connectivity index (χ1n) is 5.24. The Kier molecular flexibility index (Phi) is 3.84. The Morgan fingerprint density at radius 3 is 2.78 bits per heavy atom. The maximum absolute atomic E-state index is 12.0. The molecule has 0 fully saturated rings. The summed E-state index contributed by atoms with van der Waals surface area (Å²) in [5.41, 5.74) is 0.472. The van der Waals surface area contributed by atoms with Gasteiger partial charge in [0.25, 0.3) is 5.91 Å². The summed E-state index contributed by atoms with van der Waals surface area (Å²) in [4.78, 5) is 19.8. The summed E-state index contributed by atoms with van der Waals surface area (Å²) in [5.74, 6) is 0.0461. The van der Waals surface area contributed by atoms with Crippen LogP contribution in [0.15, 0.2) is 24.7 Å². The molecule has 94 valence electrons. The fraction of sp³-hybridized carbons (Fsp3) is 0.182. The predicted molar refractivity (Wildman–Crippen MR) is 70.1 cm³/mol. The molecular weight excluding hydrogens is 275 g/mol. The molecule has 2 aromatic heterocycles. The maximum Gasteiger partial charge on any atom is 0.273 e. The molecule has 0 unspecified atom stereocenters. The first-order chi connectivity index (χ1) is 8.60. The lowest BCUT2D eigenvalue weighted by Crippen LogP contribution is -2.17. The number of aryl methyl sites for hydroxylation is 1. The topological polar surface area (TPSA) is 59.8 Å². The van der Waals surface area contributed by atoms with Gasteiger partial charge in [0.2, 0.25) is 0 Å². The van der Waals surface area contributed by atoms with Gasteiger partial charge in [0, 0.05) is 12.7 Å². The zero-order valence-corrected chi connectivity index (χ0v) is 11.0. The minimum Gasteiger partial charge on any atom is -0.342 e. The number of hydrogen-bond donors (Lipinski definition) is 1. The van der Waals surface area contributed by atoms with E-state index in [9.17, 15) is 4.79 Å². The first kappa shape index (κ1) is 12.9. The first-order valence-corrected chi connectivity index (χ1v) is 6.00. The van der Waals surface area contributed by atoms with Gasteiger partial charge in [0.15, 0.2) is 5.82 Å². The Morgan fingerprint density at radius 2 is 2.17 bits per heavy atom. The fourth-order valence-corrected chi connectivity index (χ4v) is 1.80. The number of nitrogens with one attached hydrogen (secondary N) is 1. The van der Waals surface area contributed by atoms with Crippen molar-refractivity contribution in [2.24, 2.45) is 0 Å². The van der Waals surface area contributed by atoms with E-state index in [0.29, 0.717) is 23.1 Å². The highest BCUT2D eigenvalue weighted by Crippen LogP contribution is 2.15. The van der Waals surface area contributed by atoms with Gasteiger partial charge < -0.3 is 9.88 Å². The number of anilines is 1. The Balaban J connectivity index is 2.19. The van der Waals surface area contributed by atoms with Crippen LogP contribution in [0, 0.1) is 0 Å². The average molecular weight is 285 g/mol. The van der Waals surface area contributed by atoms with Crippen molar-refractivity contribution in [3.05, 3.63) is 40.5 Å². The van der Waals surface area contributed by atoms with Crippen molar-refractivity contribution < 1.29 is 4.79 Å². The van der Waals surface area contributed by atoms with E-state index < -0.39 is 0 Å².